The summed E-state index contributed by atoms with van der Waals surface area (Å²) in [6.45, 7) is 1.89. The molecule has 0 spiro atoms. The second-order valence-electron chi connectivity index (χ2n) is 8.53. The van der Waals surface area contributed by atoms with E-state index in [4.69, 9.17) is 5.73 Å². The fourth-order valence-electron chi connectivity index (χ4n) is 4.16. The molecule has 10 nitrogen and oxygen atoms in total. The normalized spacial score (nSPS) is 16.9. The van der Waals surface area contributed by atoms with Gasteiger partial charge in [0, 0.05) is 49.6 Å². The number of fused-ring (bicyclic) bond motifs is 1. The lowest BCUT2D eigenvalue weighted by molar-refractivity contribution is -0.117. The lowest BCUT2D eigenvalue weighted by Gasteiger charge is -2.11. The Balaban J connectivity index is 1.40. The summed E-state index contributed by atoms with van der Waals surface area (Å²) in [5, 5.41) is 11.2. The molecule has 1 aliphatic rings. The van der Waals surface area contributed by atoms with Crippen molar-refractivity contribution in [3.05, 3.63) is 59.8 Å². The molecule has 4 heterocycles. The second-order valence-corrected chi connectivity index (χ2v) is 8.53. The molecule has 0 aromatic carbocycles. The molecular formula is C24H24N8O2. The standard InChI is InChI=1S/C24H24N8O2/c1-12-4-20(24(34)26-2)27-9-17(12)19-5-13-6-21(28-10-18(13)22(25)30-19)31-23(33)16-7-15(16)14-8-29-32(3)11-14/h4-6,8-11,15-16H,7H2,1-3H3,(H2,25,30)(H,26,34)(H,28,31,33). The smallest absolute Gasteiger partial charge is 0.269 e. The lowest BCUT2D eigenvalue weighted by Crippen LogP contribution is -2.19. The molecular weight excluding hydrogens is 432 g/mol. The van der Waals surface area contributed by atoms with Crippen LogP contribution < -0.4 is 16.4 Å². The lowest BCUT2D eigenvalue weighted by atomic mass is 10.0. The van der Waals surface area contributed by atoms with Crippen molar-refractivity contribution in [3.8, 4) is 11.3 Å². The van der Waals surface area contributed by atoms with E-state index >= 15 is 0 Å². The highest BCUT2D eigenvalue weighted by Gasteiger charge is 2.44. The van der Waals surface area contributed by atoms with E-state index in [1.54, 1.807) is 36.3 Å². The minimum Gasteiger partial charge on any atom is -0.383 e. The fraction of sp³-hybridized carbons (Fsp3) is 0.250. The largest absolute Gasteiger partial charge is 0.383 e. The van der Waals surface area contributed by atoms with Gasteiger partial charge in [0.2, 0.25) is 5.91 Å². The maximum atomic E-state index is 12.8. The first-order chi connectivity index (χ1) is 16.3. The molecule has 4 N–H and O–H groups in total. The van der Waals surface area contributed by atoms with Crippen molar-refractivity contribution >= 4 is 34.2 Å². The van der Waals surface area contributed by atoms with E-state index in [2.05, 4.69) is 30.7 Å². The highest BCUT2D eigenvalue weighted by molar-refractivity contribution is 5.99. The number of nitrogens with two attached hydrogens (primary N) is 1. The zero-order valence-electron chi connectivity index (χ0n) is 19.0. The van der Waals surface area contributed by atoms with Crippen molar-refractivity contribution in [2.75, 3.05) is 18.1 Å². The number of nitrogens with zero attached hydrogens (tertiary/aromatic N) is 5. The van der Waals surface area contributed by atoms with Crippen LogP contribution in [0, 0.1) is 12.8 Å². The quantitative estimate of drug-likeness (QED) is 0.419. The van der Waals surface area contributed by atoms with Crippen LogP contribution in [-0.2, 0) is 11.8 Å². The SMILES string of the molecule is CNC(=O)c1cc(C)c(-c2cc3cc(NC(=O)C4CC4c4cnn(C)c4)ncc3c(N)n2)cn1. The van der Waals surface area contributed by atoms with Crippen LogP contribution in [0.2, 0.25) is 0 Å². The molecule has 1 aliphatic carbocycles. The van der Waals surface area contributed by atoms with Crippen molar-refractivity contribution in [1.29, 1.82) is 0 Å². The first-order valence-electron chi connectivity index (χ1n) is 10.9. The van der Waals surface area contributed by atoms with E-state index in [0.717, 1.165) is 28.5 Å². The summed E-state index contributed by atoms with van der Waals surface area (Å²) in [5.74, 6) is 0.560. The van der Waals surface area contributed by atoms with Crippen molar-refractivity contribution in [1.82, 2.24) is 30.0 Å². The Morgan fingerprint density at radius 2 is 1.97 bits per heavy atom. The van der Waals surface area contributed by atoms with Gasteiger partial charge in [0.05, 0.1) is 11.9 Å². The van der Waals surface area contributed by atoms with Gasteiger partial charge in [0.15, 0.2) is 0 Å². The molecule has 0 saturated heterocycles. The molecule has 2 atom stereocenters. The van der Waals surface area contributed by atoms with Gasteiger partial charge in [0.25, 0.3) is 5.91 Å². The van der Waals surface area contributed by atoms with Crippen LogP contribution in [0.3, 0.4) is 0 Å². The third-order valence-electron chi connectivity index (χ3n) is 6.12. The van der Waals surface area contributed by atoms with Crippen LogP contribution >= 0.6 is 0 Å². The molecule has 172 valence electrons. The van der Waals surface area contributed by atoms with Gasteiger partial charge in [-0.25, -0.2) is 9.97 Å². The number of anilines is 2. The Morgan fingerprint density at radius 3 is 2.68 bits per heavy atom. The summed E-state index contributed by atoms with van der Waals surface area (Å²) in [5.41, 5.74) is 9.85. The number of aryl methyl sites for hydroxylation is 2. The van der Waals surface area contributed by atoms with E-state index in [9.17, 15) is 9.59 Å². The zero-order valence-corrected chi connectivity index (χ0v) is 19.0. The van der Waals surface area contributed by atoms with E-state index < -0.39 is 0 Å². The number of amides is 2. The Bertz CT molecular complexity index is 1440. The predicted molar refractivity (Wildman–Crippen MR) is 128 cm³/mol. The third-order valence-corrected chi connectivity index (χ3v) is 6.12. The van der Waals surface area contributed by atoms with Crippen LogP contribution in [0.15, 0.2) is 43.0 Å². The summed E-state index contributed by atoms with van der Waals surface area (Å²) in [4.78, 5) is 37.7. The number of aromatic nitrogens is 5. The maximum Gasteiger partial charge on any atom is 0.269 e. The maximum absolute atomic E-state index is 12.8. The van der Waals surface area contributed by atoms with Crippen LogP contribution in [0.25, 0.3) is 22.0 Å². The van der Waals surface area contributed by atoms with Gasteiger partial charge >= 0.3 is 0 Å². The number of carbonyl (C=O) groups excluding carboxylic acids is 2. The molecule has 10 heteroatoms. The summed E-state index contributed by atoms with van der Waals surface area (Å²) >= 11 is 0. The molecule has 34 heavy (non-hydrogen) atoms. The number of hydrogen-bond acceptors (Lipinski definition) is 7. The average molecular weight is 457 g/mol. The van der Waals surface area contributed by atoms with E-state index in [-0.39, 0.29) is 23.7 Å². The van der Waals surface area contributed by atoms with Crippen molar-refractivity contribution < 1.29 is 9.59 Å². The van der Waals surface area contributed by atoms with Crippen molar-refractivity contribution in [2.45, 2.75) is 19.3 Å². The Labute approximate surface area is 195 Å². The molecule has 1 fully saturated rings. The number of carbonyl (C=O) groups is 2. The third kappa shape index (κ3) is 3.94. The molecule has 5 rings (SSSR count). The molecule has 0 aliphatic heterocycles. The Morgan fingerprint density at radius 1 is 1.15 bits per heavy atom. The molecule has 0 radical (unpaired) electrons. The molecule has 4 aromatic heterocycles. The average Bonchev–Trinajstić information content (AvgIpc) is 3.51. The van der Waals surface area contributed by atoms with Gasteiger partial charge in [-0.05, 0) is 54.0 Å². The number of hydrogen-bond donors (Lipinski definition) is 3. The molecule has 0 bridgehead atoms. The Hall–Kier alpha value is -4.34. The van der Waals surface area contributed by atoms with Crippen LogP contribution in [0.4, 0.5) is 11.6 Å². The summed E-state index contributed by atoms with van der Waals surface area (Å²) in [7, 11) is 3.42. The van der Waals surface area contributed by atoms with Gasteiger partial charge < -0.3 is 16.4 Å². The molecule has 1 saturated carbocycles. The number of nitrogen functional groups attached to an aromatic ring is 1. The summed E-state index contributed by atoms with van der Waals surface area (Å²) in [6, 6.07) is 5.38. The number of rotatable bonds is 5. The highest BCUT2D eigenvalue weighted by atomic mass is 16.2. The van der Waals surface area contributed by atoms with E-state index in [1.165, 1.54) is 0 Å². The number of nitrogens with one attached hydrogen (secondary N) is 2. The van der Waals surface area contributed by atoms with Crippen LogP contribution in [-0.4, -0.2) is 43.6 Å². The summed E-state index contributed by atoms with van der Waals surface area (Å²) < 4.78 is 1.74. The summed E-state index contributed by atoms with van der Waals surface area (Å²) in [6.07, 6.45) is 7.78. The second kappa shape index (κ2) is 8.22. The van der Waals surface area contributed by atoms with Crippen LogP contribution in [0.1, 0.15) is 34.0 Å². The highest BCUT2D eigenvalue weighted by Crippen LogP contribution is 2.47. The van der Waals surface area contributed by atoms with Gasteiger partial charge in [-0.2, -0.15) is 5.10 Å². The minimum absolute atomic E-state index is 0.0622. The first-order valence-corrected chi connectivity index (χ1v) is 10.9. The predicted octanol–water partition coefficient (Wildman–Crippen LogP) is 2.42. The van der Waals surface area contributed by atoms with Gasteiger partial charge in [-0.15, -0.1) is 0 Å². The zero-order chi connectivity index (χ0) is 24.0. The molecule has 2 amide bonds. The van der Waals surface area contributed by atoms with Crippen LogP contribution in [0.5, 0.6) is 0 Å². The van der Waals surface area contributed by atoms with E-state index in [0.29, 0.717) is 28.4 Å². The van der Waals surface area contributed by atoms with Gasteiger partial charge in [0.1, 0.15) is 17.3 Å². The van der Waals surface area contributed by atoms with Gasteiger partial charge in [-0.3, -0.25) is 19.3 Å². The Kier molecular flexibility index (Phi) is 5.20. The van der Waals surface area contributed by atoms with Crippen molar-refractivity contribution in [2.24, 2.45) is 13.0 Å². The molecule has 2 unspecified atom stereocenters. The fourth-order valence-corrected chi connectivity index (χ4v) is 4.16. The minimum atomic E-state index is -0.256. The molecule has 4 aromatic rings. The monoisotopic (exact) mass is 456 g/mol. The van der Waals surface area contributed by atoms with E-state index in [1.807, 2.05) is 32.4 Å². The number of pyridine rings is 3. The first kappa shape index (κ1) is 21.5. The van der Waals surface area contributed by atoms with Gasteiger partial charge in [-0.1, -0.05) is 0 Å². The topological polar surface area (TPSA) is 141 Å². The van der Waals surface area contributed by atoms with Crippen molar-refractivity contribution in [3.63, 3.8) is 0 Å².